The fourth-order valence-corrected chi connectivity index (χ4v) is 4.94. The number of nitrogens with one attached hydrogen (secondary N) is 1. The van der Waals surface area contributed by atoms with E-state index in [-0.39, 0.29) is 36.5 Å². The maximum absolute atomic E-state index is 12.8. The number of benzene rings is 1. The smallest absolute Gasteiger partial charge is 0.244 e. The van der Waals surface area contributed by atoms with Crippen LogP contribution >= 0.6 is 0 Å². The van der Waals surface area contributed by atoms with Crippen molar-refractivity contribution in [2.45, 2.75) is 57.8 Å². The molecule has 0 bridgehead atoms. The number of aromatic nitrogens is 2. The molecule has 1 aromatic carbocycles. The fraction of sp³-hybridized carbons (Fsp3) is 0.542. The molecule has 2 amide bonds. The molecule has 3 heterocycles. The molecule has 1 aromatic heterocycles. The highest BCUT2D eigenvalue weighted by atomic mass is 16.5. The van der Waals surface area contributed by atoms with Crippen molar-refractivity contribution in [1.82, 2.24) is 24.9 Å². The topological polar surface area (TPSA) is 79.7 Å². The lowest BCUT2D eigenvalue weighted by Crippen LogP contribution is -2.52. The second-order valence-corrected chi connectivity index (χ2v) is 8.81. The number of likely N-dealkylation sites (tertiary alicyclic amines) is 2. The van der Waals surface area contributed by atoms with E-state index in [4.69, 9.17) is 4.74 Å². The van der Waals surface area contributed by atoms with E-state index in [1.807, 2.05) is 55.1 Å². The Morgan fingerprint density at radius 2 is 1.88 bits per heavy atom. The average Bonchev–Trinajstić information content (AvgIpc) is 3.36. The second kappa shape index (κ2) is 9.73. The molecular weight excluding hydrogens is 406 g/mol. The van der Waals surface area contributed by atoms with Gasteiger partial charge in [-0.2, -0.15) is 5.10 Å². The third-order valence-electron chi connectivity index (χ3n) is 6.57. The predicted octanol–water partition coefficient (Wildman–Crippen LogP) is 1.76. The summed E-state index contributed by atoms with van der Waals surface area (Å²) in [6.45, 7) is 6.31. The lowest BCUT2D eigenvalue weighted by Gasteiger charge is -2.38. The molecule has 0 unspecified atom stereocenters. The summed E-state index contributed by atoms with van der Waals surface area (Å²) >= 11 is 0. The highest BCUT2D eigenvalue weighted by molar-refractivity contribution is 5.82. The minimum Gasteiger partial charge on any atom is -0.489 e. The van der Waals surface area contributed by atoms with Crippen LogP contribution in [0.3, 0.4) is 0 Å². The van der Waals surface area contributed by atoms with Crippen molar-refractivity contribution in [3.05, 3.63) is 47.8 Å². The summed E-state index contributed by atoms with van der Waals surface area (Å²) in [5.41, 5.74) is 1.93. The number of amides is 2. The summed E-state index contributed by atoms with van der Waals surface area (Å²) in [6.07, 6.45) is 2.36. The molecule has 0 radical (unpaired) electrons. The minimum atomic E-state index is -0.198. The van der Waals surface area contributed by atoms with E-state index in [0.29, 0.717) is 19.5 Å². The van der Waals surface area contributed by atoms with Crippen LogP contribution in [0.4, 0.5) is 0 Å². The van der Waals surface area contributed by atoms with Crippen molar-refractivity contribution in [2.24, 2.45) is 0 Å². The number of nitrogens with zero attached hydrogens (tertiary/aromatic N) is 4. The molecular formula is C24H33N5O3. The highest BCUT2D eigenvalue weighted by Gasteiger charge is 2.42. The number of carbonyl (C=O) groups excluding carboxylic acids is 2. The van der Waals surface area contributed by atoms with Crippen LogP contribution in [0.25, 0.3) is 0 Å². The summed E-state index contributed by atoms with van der Waals surface area (Å²) in [5.74, 6) is 0.968. The lowest BCUT2D eigenvalue weighted by molar-refractivity contribution is -0.134. The van der Waals surface area contributed by atoms with E-state index in [1.54, 1.807) is 11.7 Å². The molecule has 1 N–H and O–H groups in total. The first kappa shape index (κ1) is 22.3. The molecule has 172 valence electrons. The van der Waals surface area contributed by atoms with Gasteiger partial charge in [0.15, 0.2) is 0 Å². The van der Waals surface area contributed by atoms with Gasteiger partial charge in [-0.05, 0) is 44.9 Å². The monoisotopic (exact) mass is 439 g/mol. The zero-order valence-corrected chi connectivity index (χ0v) is 19.2. The Balaban J connectivity index is 1.35. The summed E-state index contributed by atoms with van der Waals surface area (Å²) in [5, 5.41) is 7.22. The van der Waals surface area contributed by atoms with Crippen molar-refractivity contribution in [3.63, 3.8) is 0 Å². The first-order valence-corrected chi connectivity index (χ1v) is 11.4. The third-order valence-corrected chi connectivity index (χ3v) is 6.57. The maximum Gasteiger partial charge on any atom is 0.244 e. The fourth-order valence-electron chi connectivity index (χ4n) is 4.94. The molecule has 32 heavy (non-hydrogen) atoms. The van der Waals surface area contributed by atoms with Crippen molar-refractivity contribution in [3.8, 4) is 5.75 Å². The van der Waals surface area contributed by atoms with Crippen molar-refractivity contribution < 1.29 is 14.3 Å². The first-order valence-electron chi connectivity index (χ1n) is 11.4. The molecule has 8 nitrogen and oxygen atoms in total. The van der Waals surface area contributed by atoms with E-state index in [9.17, 15) is 9.59 Å². The number of para-hydroxylation sites is 1. The van der Waals surface area contributed by atoms with Crippen molar-refractivity contribution >= 4 is 11.8 Å². The SMILES string of the molecule is CNC(=O)[C@@H]1C[C@H](Oc2ccccc2)CN1C1CCN(C(=O)Cn2nc(C)cc2C)CC1. The average molecular weight is 440 g/mol. The van der Waals surface area contributed by atoms with Crippen molar-refractivity contribution in [1.29, 1.82) is 0 Å². The Kier molecular flexibility index (Phi) is 6.79. The van der Waals surface area contributed by atoms with Crippen LogP contribution in [0, 0.1) is 13.8 Å². The zero-order chi connectivity index (χ0) is 22.7. The Bertz CT molecular complexity index is 936. The molecule has 2 fully saturated rings. The number of hydrogen-bond donors (Lipinski definition) is 1. The number of likely N-dealkylation sites (N-methyl/N-ethyl adjacent to an activating group) is 1. The molecule has 8 heteroatoms. The van der Waals surface area contributed by atoms with Gasteiger partial charge in [0.2, 0.25) is 11.8 Å². The molecule has 2 atom stereocenters. The first-order chi connectivity index (χ1) is 15.4. The van der Waals surface area contributed by atoms with Gasteiger partial charge in [0.25, 0.3) is 0 Å². The van der Waals surface area contributed by atoms with Crippen LogP contribution in [-0.2, 0) is 16.1 Å². The normalized spacial score (nSPS) is 22.2. The van der Waals surface area contributed by atoms with Gasteiger partial charge < -0.3 is 15.0 Å². The minimum absolute atomic E-state index is 0.0228. The van der Waals surface area contributed by atoms with E-state index in [0.717, 1.165) is 36.5 Å². The second-order valence-electron chi connectivity index (χ2n) is 8.81. The number of aryl methyl sites for hydroxylation is 2. The molecule has 0 saturated carbocycles. The van der Waals surface area contributed by atoms with Gasteiger partial charge in [-0.15, -0.1) is 0 Å². The number of carbonyl (C=O) groups is 2. The molecule has 2 saturated heterocycles. The van der Waals surface area contributed by atoms with Crippen LogP contribution in [0.15, 0.2) is 36.4 Å². The van der Waals surface area contributed by atoms with Gasteiger partial charge in [0, 0.05) is 44.8 Å². The Morgan fingerprint density at radius 3 is 2.50 bits per heavy atom. The van der Waals surface area contributed by atoms with E-state index < -0.39 is 0 Å². The van der Waals surface area contributed by atoms with Crippen LogP contribution in [0.1, 0.15) is 30.7 Å². The Morgan fingerprint density at radius 1 is 1.16 bits per heavy atom. The van der Waals surface area contributed by atoms with Gasteiger partial charge >= 0.3 is 0 Å². The maximum atomic E-state index is 12.8. The molecule has 2 aliphatic rings. The standard InChI is InChI=1S/C24H33N5O3/c1-17-13-18(2)29(26-17)16-23(30)27-11-9-19(10-12-27)28-15-21(14-22(28)24(31)25-3)32-20-7-5-4-6-8-20/h4-8,13,19,21-22H,9-12,14-16H2,1-3H3,(H,25,31)/t21-,22-/m0/s1. The van der Waals surface area contributed by atoms with Gasteiger partial charge in [0.05, 0.1) is 11.7 Å². The van der Waals surface area contributed by atoms with E-state index >= 15 is 0 Å². The molecule has 2 aromatic rings. The Labute approximate surface area is 189 Å². The lowest BCUT2D eigenvalue weighted by atomic mass is 10.0. The highest BCUT2D eigenvalue weighted by Crippen LogP contribution is 2.29. The predicted molar refractivity (Wildman–Crippen MR) is 121 cm³/mol. The van der Waals surface area contributed by atoms with Crippen LogP contribution < -0.4 is 10.1 Å². The largest absolute Gasteiger partial charge is 0.489 e. The van der Waals surface area contributed by atoms with E-state index in [1.165, 1.54) is 0 Å². The van der Waals surface area contributed by atoms with Gasteiger partial charge in [-0.25, -0.2) is 0 Å². The zero-order valence-electron chi connectivity index (χ0n) is 19.2. The van der Waals surface area contributed by atoms with Gasteiger partial charge in [-0.3, -0.25) is 19.2 Å². The van der Waals surface area contributed by atoms with Crippen molar-refractivity contribution in [2.75, 3.05) is 26.7 Å². The number of hydrogen-bond acceptors (Lipinski definition) is 5. The quantitative estimate of drug-likeness (QED) is 0.742. The summed E-state index contributed by atoms with van der Waals surface area (Å²) in [7, 11) is 1.69. The van der Waals surface area contributed by atoms with Crippen LogP contribution in [-0.4, -0.2) is 76.3 Å². The third kappa shape index (κ3) is 4.96. The number of piperidine rings is 1. The molecule has 2 aliphatic heterocycles. The summed E-state index contributed by atoms with van der Waals surface area (Å²) in [4.78, 5) is 29.6. The number of rotatable bonds is 6. The summed E-state index contributed by atoms with van der Waals surface area (Å²) < 4.78 is 7.94. The van der Waals surface area contributed by atoms with Crippen LogP contribution in [0.2, 0.25) is 0 Å². The molecule has 0 spiro atoms. The molecule has 4 rings (SSSR count). The van der Waals surface area contributed by atoms with E-state index in [2.05, 4.69) is 15.3 Å². The molecule has 0 aliphatic carbocycles. The Hall–Kier alpha value is -2.87. The van der Waals surface area contributed by atoms with Gasteiger partial charge in [0.1, 0.15) is 18.4 Å². The van der Waals surface area contributed by atoms with Crippen LogP contribution in [0.5, 0.6) is 5.75 Å². The summed E-state index contributed by atoms with van der Waals surface area (Å²) in [6, 6.07) is 11.8. The van der Waals surface area contributed by atoms with Gasteiger partial charge in [-0.1, -0.05) is 18.2 Å². The number of ether oxygens (including phenoxy) is 1.